The summed E-state index contributed by atoms with van der Waals surface area (Å²) in [7, 11) is 0. The van der Waals surface area contributed by atoms with Gasteiger partial charge in [-0.05, 0) is 24.1 Å². The Bertz CT molecular complexity index is 548. The molecule has 0 heterocycles. The smallest absolute Gasteiger partial charge is 0.338 e. The molecular weight excluding hydrogens is 264 g/mol. The quantitative estimate of drug-likeness (QED) is 0.366. The summed E-state index contributed by atoms with van der Waals surface area (Å²) in [5.74, 6) is -1.49. The summed E-state index contributed by atoms with van der Waals surface area (Å²) < 4.78 is 4.94. The molecule has 0 saturated heterocycles. The molecule has 0 saturated carbocycles. The van der Waals surface area contributed by atoms with Crippen molar-refractivity contribution in [1.82, 2.24) is 0 Å². The van der Waals surface area contributed by atoms with Crippen molar-refractivity contribution in [3.63, 3.8) is 0 Å². The highest BCUT2D eigenvalue weighted by atomic mass is 16.6. The Kier molecular flexibility index (Phi) is 5.40. The number of benzene rings is 1. The van der Waals surface area contributed by atoms with Gasteiger partial charge in [-0.25, -0.2) is 4.79 Å². The molecule has 7 heteroatoms. The van der Waals surface area contributed by atoms with E-state index >= 15 is 0 Å². The monoisotopic (exact) mass is 278 g/mol. The van der Waals surface area contributed by atoms with Crippen LogP contribution in [0.1, 0.15) is 18.9 Å². The van der Waals surface area contributed by atoms with Gasteiger partial charge in [-0.2, -0.15) is 0 Å². The summed E-state index contributed by atoms with van der Waals surface area (Å²) >= 11 is 0. The molecule has 1 aromatic carbocycles. The SMILES string of the molecule is CCCOC(=O)C(=CC(N)=O)c1ccc([N+](=O)[O-])cc1. The van der Waals surface area contributed by atoms with Crippen LogP contribution < -0.4 is 5.73 Å². The first-order valence-corrected chi connectivity index (χ1v) is 5.88. The number of ether oxygens (including phenoxy) is 1. The molecule has 0 aliphatic carbocycles. The van der Waals surface area contributed by atoms with Crippen LogP contribution in [0.15, 0.2) is 30.3 Å². The lowest BCUT2D eigenvalue weighted by Crippen LogP contribution is -2.13. The van der Waals surface area contributed by atoms with E-state index in [0.717, 1.165) is 6.08 Å². The Labute approximate surface area is 115 Å². The van der Waals surface area contributed by atoms with Gasteiger partial charge in [0.05, 0.1) is 17.1 Å². The van der Waals surface area contributed by atoms with E-state index in [4.69, 9.17) is 10.5 Å². The van der Waals surface area contributed by atoms with Crippen LogP contribution in [0.3, 0.4) is 0 Å². The zero-order valence-electron chi connectivity index (χ0n) is 10.9. The summed E-state index contributed by atoms with van der Waals surface area (Å²) in [6, 6.07) is 5.19. The highest BCUT2D eigenvalue weighted by Crippen LogP contribution is 2.20. The van der Waals surface area contributed by atoms with Crippen molar-refractivity contribution >= 4 is 23.1 Å². The number of nitrogens with two attached hydrogens (primary N) is 1. The predicted octanol–water partition coefficient (Wildman–Crippen LogP) is 1.42. The van der Waals surface area contributed by atoms with Crippen LogP contribution in [-0.4, -0.2) is 23.4 Å². The van der Waals surface area contributed by atoms with Crippen LogP contribution >= 0.6 is 0 Å². The summed E-state index contributed by atoms with van der Waals surface area (Å²) in [5.41, 5.74) is 5.23. The lowest BCUT2D eigenvalue weighted by molar-refractivity contribution is -0.384. The predicted molar refractivity (Wildman–Crippen MR) is 71.5 cm³/mol. The molecule has 7 nitrogen and oxygen atoms in total. The zero-order valence-corrected chi connectivity index (χ0v) is 10.9. The topological polar surface area (TPSA) is 113 Å². The molecule has 0 unspecified atom stereocenters. The van der Waals surface area contributed by atoms with E-state index in [1.54, 1.807) is 0 Å². The molecule has 1 rings (SSSR count). The van der Waals surface area contributed by atoms with Crippen molar-refractivity contribution in [3.05, 3.63) is 46.0 Å². The second-order valence-corrected chi connectivity index (χ2v) is 3.90. The minimum Gasteiger partial charge on any atom is -0.462 e. The third-order valence-electron chi connectivity index (χ3n) is 2.33. The van der Waals surface area contributed by atoms with Crippen LogP contribution in [0.5, 0.6) is 0 Å². The number of carbonyl (C=O) groups excluding carboxylic acids is 2. The Morgan fingerprint density at radius 2 is 1.95 bits per heavy atom. The molecule has 0 fully saturated rings. The summed E-state index contributed by atoms with van der Waals surface area (Å²) in [6.45, 7) is 2.04. The maximum atomic E-state index is 11.8. The van der Waals surface area contributed by atoms with Gasteiger partial charge in [0.15, 0.2) is 0 Å². The van der Waals surface area contributed by atoms with E-state index in [-0.39, 0.29) is 17.9 Å². The largest absolute Gasteiger partial charge is 0.462 e. The fourth-order valence-corrected chi connectivity index (χ4v) is 1.44. The van der Waals surface area contributed by atoms with Crippen molar-refractivity contribution in [2.24, 2.45) is 5.73 Å². The summed E-state index contributed by atoms with van der Waals surface area (Å²) in [6.07, 6.45) is 1.58. The fraction of sp³-hybridized carbons (Fsp3) is 0.231. The first-order valence-electron chi connectivity index (χ1n) is 5.88. The average Bonchev–Trinajstić information content (AvgIpc) is 2.42. The number of hydrogen-bond acceptors (Lipinski definition) is 5. The van der Waals surface area contributed by atoms with Gasteiger partial charge in [0.1, 0.15) is 0 Å². The Morgan fingerprint density at radius 3 is 2.40 bits per heavy atom. The number of nitrogens with zero attached hydrogens (tertiary/aromatic N) is 1. The third kappa shape index (κ3) is 4.20. The van der Waals surface area contributed by atoms with Gasteiger partial charge in [-0.3, -0.25) is 14.9 Å². The minimum absolute atomic E-state index is 0.0270. The first kappa shape index (κ1) is 15.4. The van der Waals surface area contributed by atoms with E-state index in [2.05, 4.69) is 0 Å². The molecule has 0 aliphatic heterocycles. The molecule has 0 aromatic heterocycles. The Balaban J connectivity index is 3.08. The van der Waals surface area contributed by atoms with Gasteiger partial charge in [0, 0.05) is 18.2 Å². The number of carbonyl (C=O) groups is 2. The number of nitro benzene ring substituents is 1. The molecule has 0 aliphatic rings. The standard InChI is InChI=1S/C13H14N2O5/c1-2-7-20-13(17)11(8-12(14)16)9-3-5-10(6-4-9)15(18)19/h3-6,8H,2,7H2,1H3,(H2,14,16). The molecule has 20 heavy (non-hydrogen) atoms. The molecule has 0 bridgehead atoms. The summed E-state index contributed by atoms with van der Waals surface area (Å²) in [5, 5.41) is 10.6. The molecule has 1 aromatic rings. The van der Waals surface area contributed by atoms with Crippen LogP contribution in [0.2, 0.25) is 0 Å². The van der Waals surface area contributed by atoms with Crippen molar-refractivity contribution in [2.45, 2.75) is 13.3 Å². The fourth-order valence-electron chi connectivity index (χ4n) is 1.44. The number of rotatable bonds is 6. The van der Waals surface area contributed by atoms with E-state index < -0.39 is 16.8 Å². The molecule has 0 spiro atoms. The molecule has 106 valence electrons. The minimum atomic E-state index is -0.799. The summed E-state index contributed by atoms with van der Waals surface area (Å²) in [4.78, 5) is 32.8. The maximum Gasteiger partial charge on any atom is 0.338 e. The zero-order chi connectivity index (χ0) is 15.1. The lowest BCUT2D eigenvalue weighted by atomic mass is 10.1. The van der Waals surface area contributed by atoms with Gasteiger partial charge in [0.25, 0.3) is 5.69 Å². The van der Waals surface area contributed by atoms with Crippen LogP contribution in [0.25, 0.3) is 5.57 Å². The van der Waals surface area contributed by atoms with E-state index in [0.29, 0.717) is 12.0 Å². The van der Waals surface area contributed by atoms with E-state index in [1.165, 1.54) is 24.3 Å². The van der Waals surface area contributed by atoms with Gasteiger partial charge in [-0.15, -0.1) is 0 Å². The Morgan fingerprint density at radius 1 is 1.35 bits per heavy atom. The molecule has 0 radical (unpaired) electrons. The normalized spacial score (nSPS) is 10.9. The second-order valence-electron chi connectivity index (χ2n) is 3.90. The van der Waals surface area contributed by atoms with Crippen LogP contribution in [0, 0.1) is 10.1 Å². The van der Waals surface area contributed by atoms with Crippen LogP contribution in [-0.2, 0) is 14.3 Å². The molecular formula is C13H14N2O5. The van der Waals surface area contributed by atoms with E-state index in [1.807, 2.05) is 6.92 Å². The van der Waals surface area contributed by atoms with Crippen molar-refractivity contribution in [3.8, 4) is 0 Å². The highest BCUT2D eigenvalue weighted by Gasteiger charge is 2.16. The van der Waals surface area contributed by atoms with Crippen molar-refractivity contribution in [1.29, 1.82) is 0 Å². The number of nitro groups is 1. The average molecular weight is 278 g/mol. The number of non-ortho nitro benzene ring substituents is 1. The lowest BCUT2D eigenvalue weighted by Gasteiger charge is -2.07. The van der Waals surface area contributed by atoms with Crippen LogP contribution in [0.4, 0.5) is 5.69 Å². The maximum absolute atomic E-state index is 11.8. The van der Waals surface area contributed by atoms with E-state index in [9.17, 15) is 19.7 Å². The van der Waals surface area contributed by atoms with Gasteiger partial charge < -0.3 is 10.5 Å². The number of hydrogen-bond donors (Lipinski definition) is 1. The van der Waals surface area contributed by atoms with Crippen molar-refractivity contribution in [2.75, 3.05) is 6.61 Å². The number of esters is 1. The highest BCUT2D eigenvalue weighted by molar-refractivity contribution is 6.20. The van der Waals surface area contributed by atoms with Crippen molar-refractivity contribution < 1.29 is 19.2 Å². The number of primary amides is 1. The Hall–Kier alpha value is -2.70. The third-order valence-corrected chi connectivity index (χ3v) is 2.33. The molecule has 0 atom stereocenters. The molecule has 2 N–H and O–H groups in total. The number of amides is 1. The second kappa shape index (κ2) is 7.03. The first-order chi connectivity index (χ1) is 9.45. The van der Waals surface area contributed by atoms with Gasteiger partial charge >= 0.3 is 5.97 Å². The molecule has 1 amide bonds. The van der Waals surface area contributed by atoms with Gasteiger partial charge in [-0.1, -0.05) is 6.92 Å². The van der Waals surface area contributed by atoms with Gasteiger partial charge in [0.2, 0.25) is 5.91 Å².